The zero-order valence-corrected chi connectivity index (χ0v) is 8.94. The number of nitriles is 1. The molecule has 3 heteroatoms. The Hall–Kier alpha value is -0.850. The predicted molar refractivity (Wildman–Crippen MR) is 57.9 cm³/mol. The maximum Gasteiger partial charge on any atom is 0.0703 e. The van der Waals surface area contributed by atoms with E-state index in [9.17, 15) is 0 Å². The minimum Gasteiger partial charge on any atom is -0.310 e. The molecule has 0 aromatic carbocycles. The summed E-state index contributed by atoms with van der Waals surface area (Å²) in [6.07, 6.45) is 3.36. The van der Waals surface area contributed by atoms with Crippen molar-refractivity contribution in [2.45, 2.75) is 25.8 Å². The van der Waals surface area contributed by atoms with Gasteiger partial charge < -0.3 is 5.32 Å². The molecule has 0 unspecified atom stereocenters. The molecule has 0 aliphatic heterocycles. The quantitative estimate of drug-likeness (QED) is 0.821. The number of hydrogen-bond donors (Lipinski definition) is 1. The minimum atomic E-state index is -0.0444. The molecule has 1 heterocycles. The maximum atomic E-state index is 9.01. The van der Waals surface area contributed by atoms with Crippen molar-refractivity contribution in [1.82, 2.24) is 5.32 Å². The average molecular weight is 206 g/mol. The molecular formula is C11H14N2S. The van der Waals surface area contributed by atoms with Crippen LogP contribution in [0.1, 0.15) is 24.1 Å². The van der Waals surface area contributed by atoms with Crippen LogP contribution >= 0.6 is 11.3 Å². The summed E-state index contributed by atoms with van der Waals surface area (Å²) in [7, 11) is 0. The van der Waals surface area contributed by atoms with Crippen LogP contribution in [0, 0.1) is 16.7 Å². The summed E-state index contributed by atoms with van der Waals surface area (Å²) in [5.41, 5.74) is -0.0444. The lowest BCUT2D eigenvalue weighted by Gasteiger charge is -2.35. The van der Waals surface area contributed by atoms with Gasteiger partial charge in [-0.25, -0.2) is 0 Å². The van der Waals surface area contributed by atoms with Gasteiger partial charge in [0.25, 0.3) is 0 Å². The Balaban J connectivity index is 1.75. The number of thiophene rings is 1. The van der Waals surface area contributed by atoms with Crippen LogP contribution in [0.3, 0.4) is 0 Å². The molecule has 2 rings (SSSR count). The van der Waals surface area contributed by atoms with Gasteiger partial charge in [0.15, 0.2) is 0 Å². The highest BCUT2D eigenvalue weighted by molar-refractivity contribution is 7.09. The third-order valence-electron chi connectivity index (χ3n) is 2.89. The van der Waals surface area contributed by atoms with E-state index in [0.29, 0.717) is 0 Å². The summed E-state index contributed by atoms with van der Waals surface area (Å²) < 4.78 is 0. The van der Waals surface area contributed by atoms with E-state index in [1.807, 2.05) is 0 Å². The number of nitrogens with zero attached hydrogens (tertiary/aromatic N) is 1. The lowest BCUT2D eigenvalue weighted by Crippen LogP contribution is -2.38. The average Bonchev–Trinajstić information content (AvgIpc) is 2.62. The van der Waals surface area contributed by atoms with Crippen molar-refractivity contribution in [1.29, 1.82) is 5.26 Å². The molecule has 0 bridgehead atoms. The van der Waals surface area contributed by atoms with Gasteiger partial charge in [-0.15, -0.1) is 11.3 Å². The zero-order valence-electron chi connectivity index (χ0n) is 8.12. The highest BCUT2D eigenvalue weighted by atomic mass is 32.1. The van der Waals surface area contributed by atoms with Gasteiger partial charge in [-0.05, 0) is 24.3 Å². The first-order valence-corrected chi connectivity index (χ1v) is 5.87. The first-order valence-electron chi connectivity index (χ1n) is 4.99. The van der Waals surface area contributed by atoms with E-state index in [-0.39, 0.29) is 5.41 Å². The normalized spacial score (nSPS) is 18.5. The molecule has 0 saturated heterocycles. The second-order valence-electron chi connectivity index (χ2n) is 3.93. The highest BCUT2D eigenvalue weighted by Crippen LogP contribution is 2.39. The molecule has 1 N–H and O–H groups in total. The smallest absolute Gasteiger partial charge is 0.0703 e. The number of hydrogen-bond acceptors (Lipinski definition) is 3. The molecule has 2 nitrogen and oxygen atoms in total. The monoisotopic (exact) mass is 206 g/mol. The summed E-state index contributed by atoms with van der Waals surface area (Å²) in [6.45, 7) is 1.75. The van der Waals surface area contributed by atoms with Gasteiger partial charge in [0, 0.05) is 18.0 Å². The van der Waals surface area contributed by atoms with Gasteiger partial charge in [0.1, 0.15) is 0 Å². The molecule has 1 fully saturated rings. The Bertz CT molecular complexity index is 320. The number of rotatable bonds is 4. The van der Waals surface area contributed by atoms with Crippen LogP contribution in [0.2, 0.25) is 0 Å². The second kappa shape index (κ2) is 4.12. The fourth-order valence-corrected chi connectivity index (χ4v) is 2.44. The summed E-state index contributed by atoms with van der Waals surface area (Å²) in [5, 5.41) is 14.5. The van der Waals surface area contributed by atoms with Crippen LogP contribution in [0.15, 0.2) is 17.5 Å². The van der Waals surface area contributed by atoms with Crippen molar-refractivity contribution in [2.75, 3.05) is 6.54 Å². The van der Waals surface area contributed by atoms with E-state index < -0.39 is 0 Å². The molecule has 1 aromatic heterocycles. The molecule has 0 radical (unpaired) electrons. The van der Waals surface area contributed by atoms with Crippen LogP contribution in [-0.4, -0.2) is 6.54 Å². The first-order chi connectivity index (χ1) is 6.85. The fourth-order valence-electron chi connectivity index (χ4n) is 1.77. The van der Waals surface area contributed by atoms with Gasteiger partial charge in [0.2, 0.25) is 0 Å². The standard InChI is InChI=1S/C11H14N2S/c12-8-11(4-2-5-11)9-13-7-10-3-1-6-14-10/h1,3,6,13H,2,4-5,7,9H2. The summed E-state index contributed by atoms with van der Waals surface area (Å²) >= 11 is 1.76. The Kier molecular flexibility index (Phi) is 2.85. The van der Waals surface area contributed by atoms with E-state index >= 15 is 0 Å². The third-order valence-corrected chi connectivity index (χ3v) is 3.77. The Morgan fingerprint density at radius 3 is 2.93 bits per heavy atom. The second-order valence-corrected chi connectivity index (χ2v) is 4.96. The number of nitrogens with one attached hydrogen (secondary N) is 1. The summed E-state index contributed by atoms with van der Waals surface area (Å²) in [6, 6.07) is 6.62. The van der Waals surface area contributed by atoms with Crippen LogP contribution in [0.5, 0.6) is 0 Å². The predicted octanol–water partition coefficient (Wildman–Crippen LogP) is 2.53. The van der Waals surface area contributed by atoms with Crippen molar-refractivity contribution < 1.29 is 0 Å². The Labute approximate surface area is 88.6 Å². The van der Waals surface area contributed by atoms with Crippen molar-refractivity contribution in [3.63, 3.8) is 0 Å². The molecule has 1 aliphatic rings. The lowest BCUT2D eigenvalue weighted by atomic mass is 9.70. The molecule has 14 heavy (non-hydrogen) atoms. The molecular weight excluding hydrogens is 192 g/mol. The molecule has 0 amide bonds. The van der Waals surface area contributed by atoms with Crippen LogP contribution in [0.4, 0.5) is 0 Å². The van der Waals surface area contributed by atoms with E-state index in [2.05, 4.69) is 28.9 Å². The van der Waals surface area contributed by atoms with E-state index in [1.165, 1.54) is 11.3 Å². The van der Waals surface area contributed by atoms with Crippen molar-refractivity contribution in [3.8, 4) is 6.07 Å². The molecule has 1 aliphatic carbocycles. The molecule has 74 valence electrons. The third kappa shape index (κ3) is 1.97. The van der Waals surface area contributed by atoms with E-state index in [4.69, 9.17) is 5.26 Å². The summed E-state index contributed by atoms with van der Waals surface area (Å²) in [4.78, 5) is 1.34. The first kappa shape index (κ1) is 9.70. The van der Waals surface area contributed by atoms with Gasteiger partial charge in [-0.1, -0.05) is 12.5 Å². The van der Waals surface area contributed by atoms with Crippen molar-refractivity contribution >= 4 is 11.3 Å². The molecule has 0 spiro atoms. The van der Waals surface area contributed by atoms with Crippen LogP contribution in [-0.2, 0) is 6.54 Å². The van der Waals surface area contributed by atoms with Gasteiger partial charge in [0.05, 0.1) is 11.5 Å². The molecule has 0 atom stereocenters. The van der Waals surface area contributed by atoms with E-state index in [1.54, 1.807) is 11.3 Å². The van der Waals surface area contributed by atoms with Crippen molar-refractivity contribution in [2.24, 2.45) is 5.41 Å². The van der Waals surface area contributed by atoms with Crippen LogP contribution < -0.4 is 5.32 Å². The Morgan fingerprint density at radius 2 is 2.43 bits per heavy atom. The zero-order chi connectivity index (χ0) is 9.86. The fraction of sp³-hybridized carbons (Fsp3) is 0.545. The van der Waals surface area contributed by atoms with Gasteiger partial charge in [-0.3, -0.25) is 0 Å². The topological polar surface area (TPSA) is 35.8 Å². The largest absolute Gasteiger partial charge is 0.310 e. The highest BCUT2D eigenvalue weighted by Gasteiger charge is 2.36. The molecule has 1 saturated carbocycles. The van der Waals surface area contributed by atoms with Crippen LogP contribution in [0.25, 0.3) is 0 Å². The van der Waals surface area contributed by atoms with Crippen molar-refractivity contribution in [3.05, 3.63) is 22.4 Å². The summed E-state index contributed by atoms with van der Waals surface area (Å²) in [5.74, 6) is 0. The van der Waals surface area contributed by atoms with Gasteiger partial charge in [-0.2, -0.15) is 5.26 Å². The molecule has 1 aromatic rings. The maximum absolute atomic E-state index is 9.01. The Morgan fingerprint density at radius 1 is 1.57 bits per heavy atom. The SMILES string of the molecule is N#CC1(CNCc2cccs2)CCC1. The lowest BCUT2D eigenvalue weighted by molar-refractivity contribution is 0.207. The minimum absolute atomic E-state index is 0.0444. The van der Waals surface area contributed by atoms with Gasteiger partial charge >= 0.3 is 0 Å². The van der Waals surface area contributed by atoms with E-state index in [0.717, 1.165) is 25.9 Å².